The second-order valence-corrected chi connectivity index (χ2v) is 8.89. The van der Waals surface area contributed by atoms with E-state index in [0.29, 0.717) is 13.0 Å². The number of esters is 2. The summed E-state index contributed by atoms with van der Waals surface area (Å²) in [6.07, 6.45) is 0.388. The maximum absolute atomic E-state index is 12.0. The highest BCUT2D eigenvalue weighted by Gasteiger charge is 2.85. The largest absolute Gasteiger partial charge is 0.464 e. The number of carbonyl (C=O) groups excluding carboxylic acids is 2. The molecular formula is C19H24Cl2O7. The van der Waals surface area contributed by atoms with Gasteiger partial charge in [-0.05, 0) is 19.8 Å². The molecule has 2 aliphatic carbocycles. The normalized spacial score (nSPS) is 46.0. The Labute approximate surface area is 173 Å². The molecule has 4 aliphatic rings. The molecule has 1 N–H and O–H groups in total. The van der Waals surface area contributed by atoms with Gasteiger partial charge in [-0.1, -0.05) is 18.6 Å². The fraction of sp³-hybridized carbons (Fsp3) is 0.789. The average molecular weight is 435 g/mol. The quantitative estimate of drug-likeness (QED) is 0.303. The number of carbonyl (C=O) groups is 2. The van der Waals surface area contributed by atoms with Crippen LogP contribution in [0, 0.1) is 10.8 Å². The van der Waals surface area contributed by atoms with Gasteiger partial charge >= 0.3 is 11.9 Å². The van der Waals surface area contributed by atoms with Gasteiger partial charge in [-0.15, -0.1) is 23.2 Å². The Bertz CT molecular complexity index is 721. The Morgan fingerprint density at radius 2 is 2.00 bits per heavy atom. The van der Waals surface area contributed by atoms with Gasteiger partial charge < -0.3 is 24.1 Å². The van der Waals surface area contributed by atoms with Crippen molar-refractivity contribution < 1.29 is 33.6 Å². The highest BCUT2D eigenvalue weighted by molar-refractivity contribution is 6.26. The summed E-state index contributed by atoms with van der Waals surface area (Å²) in [5.74, 6) is -1.74. The molecule has 156 valence electrons. The van der Waals surface area contributed by atoms with Crippen LogP contribution in [0.4, 0.5) is 0 Å². The molecule has 3 fully saturated rings. The number of aliphatic hydroxyl groups excluding tert-OH is 1. The van der Waals surface area contributed by atoms with E-state index in [-0.39, 0.29) is 18.4 Å². The predicted octanol–water partition coefficient (Wildman–Crippen LogP) is 1.56. The molecule has 2 heterocycles. The lowest BCUT2D eigenvalue weighted by atomic mass is 9.51. The summed E-state index contributed by atoms with van der Waals surface area (Å²) < 4.78 is 23.3. The van der Waals surface area contributed by atoms with E-state index in [2.05, 4.69) is 0 Å². The van der Waals surface area contributed by atoms with Crippen molar-refractivity contribution in [1.82, 2.24) is 0 Å². The summed E-state index contributed by atoms with van der Waals surface area (Å²) in [5.41, 5.74) is -1.22. The van der Waals surface area contributed by atoms with Crippen LogP contribution in [0.1, 0.15) is 26.7 Å². The molecule has 0 unspecified atom stereocenters. The third-order valence-corrected chi connectivity index (χ3v) is 7.66. The SMILES string of the molecule is CC1=C[C@@H]2O[C@H]3[C@@H](O)[C@@H](OC(=O)CCl)[C@@](C)([C@]2(COC(=O)CCl)CC1)[C@]31CO1. The summed E-state index contributed by atoms with van der Waals surface area (Å²) in [4.78, 5) is 23.9. The number of epoxide rings is 1. The number of allylic oxidation sites excluding steroid dienone is 1. The van der Waals surface area contributed by atoms with Gasteiger partial charge in [0.2, 0.25) is 0 Å². The summed E-state index contributed by atoms with van der Waals surface area (Å²) >= 11 is 11.3. The zero-order chi connectivity index (χ0) is 20.3. The second-order valence-electron chi connectivity index (χ2n) is 8.36. The van der Waals surface area contributed by atoms with E-state index in [1.165, 1.54) is 0 Å². The Kier molecular flexibility index (Phi) is 4.99. The van der Waals surface area contributed by atoms with Crippen LogP contribution < -0.4 is 0 Å². The highest BCUT2D eigenvalue weighted by atomic mass is 35.5. The van der Waals surface area contributed by atoms with Gasteiger partial charge in [0.05, 0.1) is 18.1 Å². The van der Waals surface area contributed by atoms with Crippen molar-refractivity contribution in [3.63, 3.8) is 0 Å². The summed E-state index contributed by atoms with van der Waals surface area (Å²) in [5, 5.41) is 11.0. The number of fused-ring (bicyclic) bond motifs is 2. The van der Waals surface area contributed by atoms with E-state index >= 15 is 0 Å². The number of aliphatic hydroxyl groups is 1. The Balaban J connectivity index is 1.81. The molecule has 4 rings (SSSR count). The van der Waals surface area contributed by atoms with E-state index in [1.807, 2.05) is 19.9 Å². The third kappa shape index (κ3) is 2.53. The van der Waals surface area contributed by atoms with Crippen molar-refractivity contribution in [2.45, 2.75) is 56.7 Å². The van der Waals surface area contributed by atoms with Crippen molar-refractivity contribution in [2.24, 2.45) is 10.8 Å². The Morgan fingerprint density at radius 1 is 1.32 bits per heavy atom. The van der Waals surface area contributed by atoms with Crippen LogP contribution in [0.3, 0.4) is 0 Å². The number of hydrogen-bond acceptors (Lipinski definition) is 7. The first kappa shape index (κ1) is 20.4. The molecule has 2 saturated heterocycles. The fourth-order valence-electron chi connectivity index (χ4n) is 5.61. The van der Waals surface area contributed by atoms with Crippen LogP contribution in [0.2, 0.25) is 0 Å². The number of halogens is 2. The van der Waals surface area contributed by atoms with Gasteiger partial charge in [0.1, 0.15) is 42.3 Å². The van der Waals surface area contributed by atoms with Crippen LogP contribution in [0.15, 0.2) is 11.6 Å². The van der Waals surface area contributed by atoms with E-state index in [9.17, 15) is 14.7 Å². The first-order chi connectivity index (χ1) is 13.3. The summed E-state index contributed by atoms with van der Waals surface area (Å²) in [7, 11) is 0. The number of alkyl halides is 2. The van der Waals surface area contributed by atoms with Crippen LogP contribution >= 0.6 is 23.2 Å². The van der Waals surface area contributed by atoms with E-state index in [1.54, 1.807) is 0 Å². The molecule has 2 bridgehead atoms. The minimum atomic E-state index is -1.07. The van der Waals surface area contributed by atoms with Crippen molar-refractivity contribution in [1.29, 1.82) is 0 Å². The molecule has 9 heteroatoms. The second kappa shape index (κ2) is 6.84. The molecule has 1 saturated carbocycles. The molecule has 7 atom stereocenters. The predicted molar refractivity (Wildman–Crippen MR) is 99.2 cm³/mol. The van der Waals surface area contributed by atoms with Gasteiger partial charge in [-0.3, -0.25) is 9.59 Å². The van der Waals surface area contributed by atoms with Gasteiger partial charge in [0, 0.05) is 5.41 Å². The molecule has 0 radical (unpaired) electrons. The lowest BCUT2D eigenvalue weighted by molar-refractivity contribution is -0.233. The van der Waals surface area contributed by atoms with Gasteiger partial charge in [0.15, 0.2) is 0 Å². The van der Waals surface area contributed by atoms with Crippen LogP contribution in [0.25, 0.3) is 0 Å². The standard InChI is InChI=1S/C19H24Cl2O7/c1-10-3-4-18(8-25-12(22)6-20)11(5-10)27-16-14(24)15(28-13(23)7-21)17(18,2)19(16)9-26-19/h5,11,14-16,24H,3-4,6-9H2,1-2H3/t11-,14-,15+,16-,17-,18-,19-/m0/s1. The first-order valence-electron chi connectivity index (χ1n) is 9.37. The zero-order valence-corrected chi connectivity index (χ0v) is 17.3. The van der Waals surface area contributed by atoms with E-state index < -0.39 is 52.8 Å². The fourth-order valence-corrected chi connectivity index (χ4v) is 5.75. The monoisotopic (exact) mass is 434 g/mol. The summed E-state index contributed by atoms with van der Waals surface area (Å²) in [6.45, 7) is 4.36. The van der Waals surface area contributed by atoms with Crippen LogP contribution in [0.5, 0.6) is 0 Å². The molecule has 0 aromatic carbocycles. The molecule has 0 aromatic rings. The molecule has 28 heavy (non-hydrogen) atoms. The minimum Gasteiger partial charge on any atom is -0.464 e. The molecule has 2 aliphatic heterocycles. The third-order valence-electron chi connectivity index (χ3n) is 7.22. The van der Waals surface area contributed by atoms with E-state index in [0.717, 1.165) is 12.0 Å². The smallest absolute Gasteiger partial charge is 0.321 e. The van der Waals surface area contributed by atoms with Crippen molar-refractivity contribution >= 4 is 35.1 Å². The maximum atomic E-state index is 12.0. The van der Waals surface area contributed by atoms with Gasteiger partial charge in [0.25, 0.3) is 0 Å². The Hall–Kier alpha value is -0.860. The first-order valence-corrected chi connectivity index (χ1v) is 10.4. The van der Waals surface area contributed by atoms with Gasteiger partial charge in [-0.25, -0.2) is 0 Å². The average Bonchev–Trinajstić information content (AvgIpc) is 3.47. The topological polar surface area (TPSA) is 94.6 Å². The molecule has 7 nitrogen and oxygen atoms in total. The summed E-state index contributed by atoms with van der Waals surface area (Å²) in [6, 6.07) is 0. The molecule has 0 aromatic heterocycles. The number of rotatable bonds is 5. The maximum Gasteiger partial charge on any atom is 0.321 e. The zero-order valence-electron chi connectivity index (χ0n) is 15.8. The van der Waals surface area contributed by atoms with Crippen LogP contribution in [-0.4, -0.2) is 72.0 Å². The molecule has 0 amide bonds. The molecular weight excluding hydrogens is 411 g/mol. The minimum absolute atomic E-state index is 0.0307. The van der Waals surface area contributed by atoms with Crippen molar-refractivity contribution in [3.8, 4) is 0 Å². The van der Waals surface area contributed by atoms with Gasteiger partial charge in [-0.2, -0.15) is 0 Å². The highest BCUT2D eigenvalue weighted by Crippen LogP contribution is 2.72. The van der Waals surface area contributed by atoms with Crippen molar-refractivity contribution in [2.75, 3.05) is 25.0 Å². The van der Waals surface area contributed by atoms with E-state index in [4.69, 9.17) is 42.1 Å². The van der Waals surface area contributed by atoms with Crippen LogP contribution in [-0.2, 0) is 28.5 Å². The number of hydrogen-bond donors (Lipinski definition) is 1. The van der Waals surface area contributed by atoms with Crippen molar-refractivity contribution in [3.05, 3.63) is 11.6 Å². The Morgan fingerprint density at radius 3 is 2.61 bits per heavy atom. The number of ether oxygens (including phenoxy) is 4. The lowest BCUT2D eigenvalue weighted by Crippen LogP contribution is -2.66. The molecule has 1 spiro atoms. The lowest BCUT2D eigenvalue weighted by Gasteiger charge is -2.58.